The zero-order valence-electron chi connectivity index (χ0n) is 17.1. The SMILES string of the molecule is CC(=O)Nc1ccc(S(=O)(=O)N(C)CC(=O)N2CCN(c3ccccc3)CC2)cc1. The lowest BCUT2D eigenvalue weighted by atomic mass is 10.2. The van der Waals surface area contributed by atoms with Crippen LogP contribution in [0, 0.1) is 0 Å². The van der Waals surface area contributed by atoms with Gasteiger partial charge in [0.15, 0.2) is 0 Å². The van der Waals surface area contributed by atoms with Gasteiger partial charge in [0.1, 0.15) is 0 Å². The van der Waals surface area contributed by atoms with Gasteiger partial charge in [0.05, 0.1) is 11.4 Å². The lowest BCUT2D eigenvalue weighted by molar-refractivity contribution is -0.131. The van der Waals surface area contributed by atoms with Crippen molar-refractivity contribution in [1.82, 2.24) is 9.21 Å². The maximum atomic E-state index is 12.8. The van der Waals surface area contributed by atoms with Gasteiger partial charge in [-0.2, -0.15) is 4.31 Å². The van der Waals surface area contributed by atoms with Crippen LogP contribution in [-0.2, 0) is 19.6 Å². The Hall–Kier alpha value is -2.91. The normalized spacial score (nSPS) is 14.6. The number of benzene rings is 2. The Kier molecular flexibility index (Phi) is 6.73. The minimum absolute atomic E-state index is 0.0702. The van der Waals surface area contributed by atoms with Crippen LogP contribution in [0.15, 0.2) is 59.5 Å². The van der Waals surface area contributed by atoms with Crippen molar-refractivity contribution in [1.29, 1.82) is 0 Å². The number of nitrogens with one attached hydrogen (secondary N) is 1. The zero-order valence-corrected chi connectivity index (χ0v) is 17.9. The van der Waals surface area contributed by atoms with E-state index in [1.165, 1.54) is 38.2 Å². The molecule has 2 aromatic rings. The lowest BCUT2D eigenvalue weighted by Crippen LogP contribution is -2.51. The van der Waals surface area contributed by atoms with Gasteiger partial charge in [-0.3, -0.25) is 9.59 Å². The van der Waals surface area contributed by atoms with E-state index >= 15 is 0 Å². The first-order valence-electron chi connectivity index (χ1n) is 9.69. The molecular weight excluding hydrogens is 404 g/mol. The summed E-state index contributed by atoms with van der Waals surface area (Å²) < 4.78 is 26.6. The molecule has 0 bridgehead atoms. The number of hydrogen-bond donors (Lipinski definition) is 1. The number of likely N-dealkylation sites (N-methyl/N-ethyl adjacent to an activating group) is 1. The Morgan fingerprint density at radius 2 is 1.57 bits per heavy atom. The zero-order chi connectivity index (χ0) is 21.7. The molecule has 160 valence electrons. The highest BCUT2D eigenvalue weighted by Gasteiger charge is 2.27. The van der Waals surface area contributed by atoms with E-state index in [0.29, 0.717) is 31.9 Å². The van der Waals surface area contributed by atoms with Crippen LogP contribution in [0.4, 0.5) is 11.4 Å². The van der Waals surface area contributed by atoms with Crippen LogP contribution in [0.2, 0.25) is 0 Å². The summed E-state index contributed by atoms with van der Waals surface area (Å²) in [6.07, 6.45) is 0. The molecule has 2 aromatic carbocycles. The van der Waals surface area contributed by atoms with Gasteiger partial charge in [0.25, 0.3) is 0 Å². The second kappa shape index (κ2) is 9.27. The number of nitrogens with zero attached hydrogens (tertiary/aromatic N) is 3. The lowest BCUT2D eigenvalue weighted by Gasteiger charge is -2.36. The fourth-order valence-corrected chi connectivity index (χ4v) is 4.44. The molecule has 0 atom stereocenters. The molecule has 0 spiro atoms. The van der Waals surface area contributed by atoms with E-state index in [2.05, 4.69) is 10.2 Å². The molecule has 9 heteroatoms. The molecule has 1 fully saturated rings. The van der Waals surface area contributed by atoms with Crippen molar-refractivity contribution in [2.45, 2.75) is 11.8 Å². The molecule has 1 heterocycles. The van der Waals surface area contributed by atoms with Crippen molar-refractivity contribution in [2.24, 2.45) is 0 Å². The number of rotatable bonds is 6. The van der Waals surface area contributed by atoms with Crippen molar-refractivity contribution >= 4 is 33.2 Å². The van der Waals surface area contributed by atoms with Gasteiger partial charge in [0, 0.05) is 51.5 Å². The van der Waals surface area contributed by atoms with E-state index in [4.69, 9.17) is 0 Å². The number of piperazine rings is 1. The number of para-hydroxylation sites is 1. The summed E-state index contributed by atoms with van der Waals surface area (Å²) >= 11 is 0. The summed E-state index contributed by atoms with van der Waals surface area (Å²) in [4.78, 5) is 27.7. The predicted molar refractivity (Wildman–Crippen MR) is 116 cm³/mol. The highest BCUT2D eigenvalue weighted by atomic mass is 32.2. The summed E-state index contributed by atoms with van der Waals surface area (Å²) in [5, 5.41) is 2.59. The summed E-state index contributed by atoms with van der Waals surface area (Å²) in [5.41, 5.74) is 1.63. The number of anilines is 2. The minimum atomic E-state index is -3.81. The molecule has 1 aliphatic rings. The molecule has 3 rings (SSSR count). The van der Waals surface area contributed by atoms with Gasteiger partial charge in [0.2, 0.25) is 21.8 Å². The van der Waals surface area contributed by atoms with Crippen LogP contribution in [-0.4, -0.2) is 69.2 Å². The molecule has 30 heavy (non-hydrogen) atoms. The van der Waals surface area contributed by atoms with Crippen LogP contribution in [0.5, 0.6) is 0 Å². The average molecular weight is 431 g/mol. The molecule has 0 saturated carbocycles. The van der Waals surface area contributed by atoms with E-state index in [9.17, 15) is 18.0 Å². The highest BCUT2D eigenvalue weighted by Crippen LogP contribution is 2.19. The predicted octanol–water partition coefficient (Wildman–Crippen LogP) is 1.61. The van der Waals surface area contributed by atoms with E-state index < -0.39 is 10.0 Å². The molecule has 1 saturated heterocycles. The number of sulfonamides is 1. The van der Waals surface area contributed by atoms with Crippen LogP contribution >= 0.6 is 0 Å². The first kappa shape index (κ1) is 21.8. The van der Waals surface area contributed by atoms with Gasteiger partial charge in [-0.15, -0.1) is 0 Å². The van der Waals surface area contributed by atoms with E-state index in [1.54, 1.807) is 4.90 Å². The van der Waals surface area contributed by atoms with E-state index in [1.807, 2.05) is 30.3 Å². The number of carbonyl (C=O) groups excluding carboxylic acids is 2. The maximum absolute atomic E-state index is 12.8. The number of amides is 2. The quantitative estimate of drug-likeness (QED) is 0.752. The summed E-state index contributed by atoms with van der Waals surface area (Å²) in [7, 11) is -2.41. The highest BCUT2D eigenvalue weighted by molar-refractivity contribution is 7.89. The first-order valence-corrected chi connectivity index (χ1v) is 11.1. The Morgan fingerprint density at radius 1 is 0.967 bits per heavy atom. The van der Waals surface area contributed by atoms with Gasteiger partial charge in [-0.1, -0.05) is 18.2 Å². The molecule has 2 amide bonds. The molecule has 0 aromatic heterocycles. The second-order valence-electron chi connectivity index (χ2n) is 7.17. The Balaban J connectivity index is 1.57. The molecule has 0 radical (unpaired) electrons. The van der Waals surface area contributed by atoms with Crippen molar-refractivity contribution < 1.29 is 18.0 Å². The number of hydrogen-bond acceptors (Lipinski definition) is 5. The van der Waals surface area contributed by atoms with Gasteiger partial charge in [-0.25, -0.2) is 8.42 Å². The first-order chi connectivity index (χ1) is 14.3. The van der Waals surface area contributed by atoms with Crippen molar-refractivity contribution in [3.8, 4) is 0 Å². The van der Waals surface area contributed by atoms with Crippen molar-refractivity contribution in [3.05, 3.63) is 54.6 Å². The average Bonchev–Trinajstić information content (AvgIpc) is 2.74. The van der Waals surface area contributed by atoms with Crippen molar-refractivity contribution in [3.63, 3.8) is 0 Å². The molecular formula is C21H26N4O4S. The molecule has 0 unspecified atom stereocenters. The standard InChI is InChI=1S/C21H26N4O4S/c1-17(26)22-18-8-10-20(11-9-18)30(28,29)23(2)16-21(27)25-14-12-24(13-15-25)19-6-4-3-5-7-19/h3-11H,12-16H2,1-2H3,(H,22,26). The molecule has 1 aliphatic heterocycles. The third kappa shape index (κ3) is 5.17. The van der Waals surface area contributed by atoms with E-state index in [-0.39, 0.29) is 23.3 Å². The Labute approximate surface area is 177 Å². The minimum Gasteiger partial charge on any atom is -0.368 e. The fourth-order valence-electron chi connectivity index (χ4n) is 3.32. The molecule has 1 N–H and O–H groups in total. The second-order valence-corrected chi connectivity index (χ2v) is 9.21. The van der Waals surface area contributed by atoms with Gasteiger partial charge >= 0.3 is 0 Å². The maximum Gasteiger partial charge on any atom is 0.243 e. The van der Waals surface area contributed by atoms with Gasteiger partial charge < -0.3 is 15.1 Å². The Morgan fingerprint density at radius 3 is 2.13 bits per heavy atom. The third-order valence-corrected chi connectivity index (χ3v) is 6.81. The third-order valence-electron chi connectivity index (χ3n) is 4.99. The molecule has 0 aliphatic carbocycles. The summed E-state index contributed by atoms with van der Waals surface area (Å²) in [6.45, 7) is 3.67. The van der Waals surface area contributed by atoms with Gasteiger partial charge in [-0.05, 0) is 36.4 Å². The smallest absolute Gasteiger partial charge is 0.243 e. The summed E-state index contributed by atoms with van der Waals surface area (Å²) in [6, 6.07) is 15.9. The van der Waals surface area contributed by atoms with E-state index in [0.717, 1.165) is 9.99 Å². The van der Waals surface area contributed by atoms with Crippen LogP contribution in [0.25, 0.3) is 0 Å². The van der Waals surface area contributed by atoms with Crippen molar-refractivity contribution in [2.75, 3.05) is 50.0 Å². The monoisotopic (exact) mass is 430 g/mol. The van der Waals surface area contributed by atoms with Crippen LogP contribution < -0.4 is 10.2 Å². The summed E-state index contributed by atoms with van der Waals surface area (Å²) in [5.74, 6) is -0.454. The van der Waals surface area contributed by atoms with Crippen LogP contribution in [0.3, 0.4) is 0 Å². The fraction of sp³-hybridized carbons (Fsp3) is 0.333. The largest absolute Gasteiger partial charge is 0.368 e. The van der Waals surface area contributed by atoms with Crippen LogP contribution in [0.1, 0.15) is 6.92 Å². The topological polar surface area (TPSA) is 90.0 Å². The number of carbonyl (C=O) groups is 2. The Bertz CT molecular complexity index is 985. The molecule has 8 nitrogen and oxygen atoms in total.